The smallest absolute Gasteiger partial charge is 0.744 e. The Morgan fingerprint density at radius 1 is 0.686 bits per heavy atom. The van der Waals surface area contributed by atoms with Crippen molar-refractivity contribution in [2.24, 2.45) is 0 Å². The predicted molar refractivity (Wildman–Crippen MR) is 143 cm³/mol. The summed E-state index contributed by atoms with van der Waals surface area (Å²) >= 11 is 0. The molecule has 196 valence electrons. The van der Waals surface area contributed by atoms with E-state index in [0.29, 0.717) is 11.4 Å². The quantitative estimate of drug-likeness (QED) is 0.127. The summed E-state index contributed by atoms with van der Waals surface area (Å²) in [5.74, 6) is 0. The molecule has 0 bridgehead atoms. The van der Waals surface area contributed by atoms with Gasteiger partial charge in [0, 0.05) is 0 Å². The minimum Gasteiger partial charge on any atom is -0.744 e. The van der Waals surface area contributed by atoms with Crippen LogP contribution in [0.3, 0.4) is 0 Å². The molecule has 5 nitrogen and oxygen atoms in total. The van der Waals surface area contributed by atoms with E-state index in [2.05, 4.69) is 17.6 Å². The monoisotopic (exact) mass is 516 g/mol. The fourth-order valence-electron chi connectivity index (χ4n) is 4.98. The van der Waals surface area contributed by atoms with Gasteiger partial charge in [0.1, 0.15) is 10.1 Å². The summed E-state index contributed by atoms with van der Waals surface area (Å²) < 4.78 is 34.3. The maximum atomic E-state index is 11.4. The second kappa shape index (κ2) is 19.8. The molecule has 2 N–H and O–H groups in total. The van der Waals surface area contributed by atoms with Gasteiger partial charge in [-0.05, 0) is 25.0 Å². The third kappa shape index (κ3) is 14.3. The third-order valence-corrected chi connectivity index (χ3v) is 7.92. The summed E-state index contributed by atoms with van der Waals surface area (Å²) in [5.41, 5.74) is 1.14. The van der Waals surface area contributed by atoms with Gasteiger partial charge < -0.3 is 15.2 Å². The van der Waals surface area contributed by atoms with Gasteiger partial charge in [-0.1, -0.05) is 129 Å². The number of hydrogen-bond donors (Lipinski definition) is 2. The van der Waals surface area contributed by atoms with Gasteiger partial charge in [-0.2, -0.15) is 0 Å². The SMILES string of the molecule is CCCCCCCCCCCCCCCCCCCCCC1Nc2cccc(S(=O)(=O)[O-])c2N1.[Na+]. The molecule has 1 aromatic rings. The van der Waals surface area contributed by atoms with Crippen LogP contribution in [-0.2, 0) is 10.1 Å². The van der Waals surface area contributed by atoms with Crippen LogP contribution in [0.5, 0.6) is 0 Å². The van der Waals surface area contributed by atoms with Crippen molar-refractivity contribution < 1.29 is 42.5 Å². The molecule has 0 amide bonds. The third-order valence-electron chi connectivity index (χ3n) is 7.04. The topological polar surface area (TPSA) is 81.3 Å². The predicted octanol–water partition coefficient (Wildman–Crippen LogP) is 5.58. The van der Waals surface area contributed by atoms with E-state index in [9.17, 15) is 13.0 Å². The molecule has 2 rings (SSSR count). The second-order valence-electron chi connectivity index (χ2n) is 10.1. The molecule has 0 radical (unpaired) electrons. The van der Waals surface area contributed by atoms with E-state index in [1.54, 1.807) is 6.07 Å². The van der Waals surface area contributed by atoms with E-state index >= 15 is 0 Å². The summed E-state index contributed by atoms with van der Waals surface area (Å²) in [6.45, 7) is 2.28. The Balaban J connectivity index is 0.00000612. The molecule has 1 aliphatic rings. The number of rotatable bonds is 21. The van der Waals surface area contributed by atoms with Crippen LogP contribution in [0.1, 0.15) is 135 Å². The number of para-hydroxylation sites is 1. The Bertz CT molecular complexity index is 773. The van der Waals surface area contributed by atoms with Crippen LogP contribution in [0.2, 0.25) is 0 Å². The normalized spacial score (nSPS) is 14.7. The molecule has 35 heavy (non-hydrogen) atoms. The molecule has 0 aromatic heterocycles. The van der Waals surface area contributed by atoms with Crippen molar-refractivity contribution >= 4 is 21.5 Å². The number of nitrogens with one attached hydrogen (secondary N) is 2. The second-order valence-corrected chi connectivity index (χ2v) is 11.5. The average molecular weight is 517 g/mol. The number of anilines is 2. The molecule has 7 heteroatoms. The minimum absolute atomic E-state index is 0. The molecule has 1 aliphatic heterocycles. The molecule has 1 unspecified atom stereocenters. The first-order valence-corrected chi connectivity index (χ1v) is 15.5. The summed E-state index contributed by atoms with van der Waals surface area (Å²) in [6.07, 6.45) is 26.9. The first-order valence-electron chi connectivity index (χ1n) is 14.1. The van der Waals surface area contributed by atoms with Gasteiger partial charge in [0.15, 0.2) is 0 Å². The zero-order chi connectivity index (χ0) is 24.5. The van der Waals surface area contributed by atoms with Gasteiger partial charge in [-0.3, -0.25) is 0 Å². The van der Waals surface area contributed by atoms with Crippen molar-refractivity contribution in [2.45, 2.75) is 146 Å². The van der Waals surface area contributed by atoms with Gasteiger partial charge >= 0.3 is 29.6 Å². The largest absolute Gasteiger partial charge is 1.00 e. The molecule has 0 aliphatic carbocycles. The van der Waals surface area contributed by atoms with Crippen LogP contribution >= 0.6 is 0 Å². The molecule has 0 fully saturated rings. The van der Waals surface area contributed by atoms with Gasteiger partial charge in [0.25, 0.3) is 0 Å². The first-order chi connectivity index (χ1) is 16.5. The number of fused-ring (bicyclic) bond motifs is 1. The van der Waals surface area contributed by atoms with E-state index in [-0.39, 0.29) is 40.6 Å². The molecule has 1 aromatic carbocycles. The number of hydrogen-bond acceptors (Lipinski definition) is 5. The van der Waals surface area contributed by atoms with Gasteiger partial charge in [0.2, 0.25) is 0 Å². The summed E-state index contributed by atoms with van der Waals surface area (Å²) in [4.78, 5) is -0.159. The van der Waals surface area contributed by atoms with Crippen LogP contribution in [0.15, 0.2) is 23.1 Å². The van der Waals surface area contributed by atoms with Crippen LogP contribution in [0.25, 0.3) is 0 Å². The average Bonchev–Trinajstić information content (AvgIpc) is 3.23. The van der Waals surface area contributed by atoms with Gasteiger partial charge in [-0.15, -0.1) is 0 Å². The van der Waals surface area contributed by atoms with Gasteiger partial charge in [-0.25, -0.2) is 8.42 Å². The van der Waals surface area contributed by atoms with E-state index in [4.69, 9.17) is 0 Å². The fraction of sp³-hybridized carbons (Fsp3) is 0.786. The first kappa shape index (κ1) is 32.8. The zero-order valence-electron chi connectivity index (χ0n) is 22.6. The fourth-order valence-corrected chi connectivity index (χ4v) is 5.64. The van der Waals surface area contributed by atoms with Crippen molar-refractivity contribution in [3.63, 3.8) is 0 Å². The van der Waals surface area contributed by atoms with E-state index in [1.807, 2.05) is 6.07 Å². The van der Waals surface area contributed by atoms with E-state index in [0.717, 1.165) is 12.8 Å². The Kier molecular flexibility index (Phi) is 18.5. The Morgan fingerprint density at radius 2 is 1.11 bits per heavy atom. The summed E-state index contributed by atoms with van der Waals surface area (Å²) in [7, 11) is -4.46. The summed E-state index contributed by atoms with van der Waals surface area (Å²) in [6, 6.07) is 4.79. The molecule has 0 saturated heterocycles. The Hall–Kier alpha value is -0.270. The molecule has 0 saturated carbocycles. The number of benzene rings is 1. The van der Waals surface area contributed by atoms with Crippen molar-refractivity contribution in [3.8, 4) is 0 Å². The maximum absolute atomic E-state index is 11.4. The molecular weight excluding hydrogens is 467 g/mol. The maximum Gasteiger partial charge on any atom is 1.00 e. The van der Waals surface area contributed by atoms with Crippen LogP contribution in [-0.4, -0.2) is 19.1 Å². The van der Waals surface area contributed by atoms with E-state index in [1.165, 1.54) is 122 Å². The van der Waals surface area contributed by atoms with Crippen molar-refractivity contribution in [3.05, 3.63) is 18.2 Å². The van der Waals surface area contributed by atoms with Crippen molar-refractivity contribution in [1.82, 2.24) is 0 Å². The molecular formula is C28H49N2NaO3S. The Labute approximate surface area is 238 Å². The van der Waals surface area contributed by atoms with Crippen LogP contribution in [0, 0.1) is 0 Å². The van der Waals surface area contributed by atoms with E-state index < -0.39 is 10.1 Å². The Morgan fingerprint density at radius 3 is 1.54 bits per heavy atom. The molecule has 0 spiro atoms. The van der Waals surface area contributed by atoms with Gasteiger partial charge in [0.05, 0.1) is 22.4 Å². The zero-order valence-corrected chi connectivity index (χ0v) is 25.4. The number of unbranched alkanes of at least 4 members (excludes halogenated alkanes) is 18. The van der Waals surface area contributed by atoms with Crippen molar-refractivity contribution in [2.75, 3.05) is 10.6 Å². The molecule has 1 heterocycles. The standard InChI is InChI=1S/C28H50N2O3S.Na/c1-2-3-4-5-6-7-8-9-10-11-12-13-14-15-16-17-18-19-20-24-27-29-25-22-21-23-26(28(25)30-27)34(31,32)33;/h21-23,27,29-30H,2-20,24H2,1H3,(H,31,32,33);/q;+1/p-1. The van der Waals surface area contributed by atoms with Crippen LogP contribution in [0.4, 0.5) is 11.4 Å². The molecule has 1 atom stereocenters. The summed E-state index contributed by atoms with van der Waals surface area (Å²) in [5, 5.41) is 6.47. The minimum atomic E-state index is -4.46. The van der Waals surface area contributed by atoms with Crippen molar-refractivity contribution in [1.29, 1.82) is 0 Å². The van der Waals surface area contributed by atoms with Crippen LogP contribution < -0.4 is 40.2 Å².